The minimum Gasteiger partial charge on any atom is -0.444 e. The fourth-order valence-corrected chi connectivity index (χ4v) is 1.96. The van der Waals surface area contributed by atoms with Crippen molar-refractivity contribution < 1.29 is 14.3 Å². The first-order valence-electron chi connectivity index (χ1n) is 6.59. The number of hydrogen-bond donors (Lipinski definition) is 2. The molecule has 0 saturated carbocycles. The molecule has 0 atom stereocenters. The van der Waals surface area contributed by atoms with E-state index in [1.165, 1.54) is 0 Å². The maximum atomic E-state index is 11.9. The van der Waals surface area contributed by atoms with Crippen LogP contribution in [0.25, 0.3) is 10.8 Å². The number of primary amides is 1. The summed E-state index contributed by atoms with van der Waals surface area (Å²) in [5.74, 6) is -0.605. The van der Waals surface area contributed by atoms with Gasteiger partial charge in [-0.3, -0.25) is 10.1 Å². The molecule has 0 saturated heterocycles. The Kier molecular flexibility index (Phi) is 3.84. The van der Waals surface area contributed by atoms with Crippen LogP contribution < -0.4 is 11.1 Å². The van der Waals surface area contributed by atoms with Crippen LogP contribution in [0.15, 0.2) is 36.4 Å². The van der Waals surface area contributed by atoms with Gasteiger partial charge in [-0.1, -0.05) is 24.3 Å². The van der Waals surface area contributed by atoms with Crippen molar-refractivity contribution in [3.8, 4) is 0 Å². The Hall–Kier alpha value is -2.56. The Bertz CT molecular complexity index is 702. The zero-order chi connectivity index (χ0) is 15.6. The fourth-order valence-electron chi connectivity index (χ4n) is 1.96. The van der Waals surface area contributed by atoms with Gasteiger partial charge in [-0.15, -0.1) is 0 Å². The molecule has 2 rings (SSSR count). The minimum atomic E-state index is -0.625. The second-order valence-corrected chi connectivity index (χ2v) is 5.74. The number of fused-ring (bicyclic) bond motifs is 1. The SMILES string of the molecule is CC(C)(C)OC(=O)Nc1cc2ccccc2cc1C(N)=O. The van der Waals surface area contributed by atoms with E-state index < -0.39 is 17.6 Å². The van der Waals surface area contributed by atoms with E-state index in [1.807, 2.05) is 24.3 Å². The van der Waals surface area contributed by atoms with Gasteiger partial charge < -0.3 is 10.5 Å². The average molecular weight is 286 g/mol. The molecule has 3 N–H and O–H groups in total. The van der Waals surface area contributed by atoms with Crippen molar-refractivity contribution in [3.63, 3.8) is 0 Å². The van der Waals surface area contributed by atoms with Gasteiger partial charge in [-0.05, 0) is 43.7 Å². The second kappa shape index (κ2) is 5.44. The lowest BCUT2D eigenvalue weighted by Crippen LogP contribution is -2.28. The lowest BCUT2D eigenvalue weighted by Gasteiger charge is -2.20. The van der Waals surface area contributed by atoms with Crippen molar-refractivity contribution in [2.75, 3.05) is 5.32 Å². The van der Waals surface area contributed by atoms with Crippen molar-refractivity contribution >= 4 is 28.5 Å². The van der Waals surface area contributed by atoms with Crippen LogP contribution in [-0.4, -0.2) is 17.6 Å². The molecule has 0 aliphatic rings. The number of nitrogens with two attached hydrogens (primary N) is 1. The minimum absolute atomic E-state index is 0.250. The molecule has 2 aromatic rings. The van der Waals surface area contributed by atoms with E-state index in [9.17, 15) is 9.59 Å². The summed E-state index contributed by atoms with van der Waals surface area (Å²) in [5.41, 5.74) is 5.35. The normalized spacial score (nSPS) is 11.2. The highest BCUT2D eigenvalue weighted by molar-refractivity contribution is 6.06. The maximum Gasteiger partial charge on any atom is 0.412 e. The van der Waals surface area contributed by atoms with Gasteiger partial charge in [0, 0.05) is 0 Å². The zero-order valence-electron chi connectivity index (χ0n) is 12.3. The van der Waals surface area contributed by atoms with E-state index in [1.54, 1.807) is 32.9 Å². The van der Waals surface area contributed by atoms with E-state index in [-0.39, 0.29) is 5.56 Å². The molecule has 2 aromatic carbocycles. The monoisotopic (exact) mass is 286 g/mol. The van der Waals surface area contributed by atoms with Crippen LogP contribution in [0, 0.1) is 0 Å². The third-order valence-electron chi connectivity index (χ3n) is 2.79. The number of hydrogen-bond acceptors (Lipinski definition) is 3. The Morgan fingerprint density at radius 3 is 2.19 bits per heavy atom. The Morgan fingerprint density at radius 1 is 1.10 bits per heavy atom. The van der Waals surface area contributed by atoms with Crippen LogP contribution >= 0.6 is 0 Å². The quantitative estimate of drug-likeness (QED) is 0.888. The number of anilines is 1. The molecule has 0 aromatic heterocycles. The van der Waals surface area contributed by atoms with E-state index in [4.69, 9.17) is 10.5 Å². The van der Waals surface area contributed by atoms with Crippen molar-refractivity contribution in [1.82, 2.24) is 0 Å². The zero-order valence-corrected chi connectivity index (χ0v) is 12.3. The van der Waals surface area contributed by atoms with E-state index >= 15 is 0 Å². The van der Waals surface area contributed by atoms with Crippen LogP contribution in [0.5, 0.6) is 0 Å². The molecule has 0 heterocycles. The molecule has 0 radical (unpaired) electrons. The molecule has 0 aliphatic heterocycles. The van der Waals surface area contributed by atoms with Crippen molar-refractivity contribution in [1.29, 1.82) is 0 Å². The molecular formula is C16H18N2O3. The smallest absolute Gasteiger partial charge is 0.412 e. The summed E-state index contributed by atoms with van der Waals surface area (Å²) in [7, 11) is 0. The molecule has 5 nitrogen and oxygen atoms in total. The standard InChI is InChI=1S/C16H18N2O3/c1-16(2,3)21-15(20)18-13-9-11-7-5-4-6-10(11)8-12(13)14(17)19/h4-9H,1-3H3,(H2,17,19)(H,18,20). The second-order valence-electron chi connectivity index (χ2n) is 5.74. The van der Waals surface area contributed by atoms with Crippen LogP contribution in [0.3, 0.4) is 0 Å². The molecule has 0 fully saturated rings. The van der Waals surface area contributed by atoms with Crippen LogP contribution in [0.4, 0.5) is 10.5 Å². The van der Waals surface area contributed by atoms with E-state index in [2.05, 4.69) is 5.32 Å². The van der Waals surface area contributed by atoms with Gasteiger partial charge in [-0.25, -0.2) is 4.79 Å². The number of carbonyl (C=O) groups is 2. The lowest BCUT2D eigenvalue weighted by atomic mass is 10.0. The topological polar surface area (TPSA) is 81.4 Å². The molecule has 21 heavy (non-hydrogen) atoms. The van der Waals surface area contributed by atoms with Gasteiger partial charge in [0.15, 0.2) is 0 Å². The largest absolute Gasteiger partial charge is 0.444 e. The summed E-state index contributed by atoms with van der Waals surface area (Å²) < 4.78 is 5.19. The molecule has 5 heteroatoms. The molecule has 0 spiro atoms. The van der Waals surface area contributed by atoms with Crippen molar-refractivity contribution in [2.45, 2.75) is 26.4 Å². The maximum absolute atomic E-state index is 11.9. The van der Waals surface area contributed by atoms with E-state index in [0.717, 1.165) is 10.8 Å². The van der Waals surface area contributed by atoms with Gasteiger partial charge >= 0.3 is 6.09 Å². The third kappa shape index (κ3) is 3.72. The Morgan fingerprint density at radius 2 is 1.67 bits per heavy atom. The highest BCUT2D eigenvalue weighted by Gasteiger charge is 2.18. The fraction of sp³-hybridized carbons (Fsp3) is 0.250. The molecule has 0 bridgehead atoms. The number of amides is 2. The number of carbonyl (C=O) groups excluding carboxylic acids is 2. The molecule has 2 amide bonds. The number of ether oxygens (including phenoxy) is 1. The van der Waals surface area contributed by atoms with Gasteiger partial charge in [0.2, 0.25) is 0 Å². The summed E-state index contributed by atoms with van der Waals surface area (Å²) in [6, 6.07) is 10.9. The first kappa shape index (κ1) is 14.8. The summed E-state index contributed by atoms with van der Waals surface area (Å²) in [6.45, 7) is 5.30. The first-order chi connectivity index (χ1) is 9.76. The molecular weight excluding hydrogens is 268 g/mol. The first-order valence-corrected chi connectivity index (χ1v) is 6.59. The Balaban J connectivity index is 2.39. The van der Waals surface area contributed by atoms with Gasteiger partial charge in [-0.2, -0.15) is 0 Å². The number of rotatable bonds is 2. The average Bonchev–Trinajstić information content (AvgIpc) is 2.35. The van der Waals surface area contributed by atoms with Gasteiger partial charge in [0.25, 0.3) is 5.91 Å². The van der Waals surface area contributed by atoms with Gasteiger partial charge in [0.05, 0.1) is 11.3 Å². The van der Waals surface area contributed by atoms with Crippen molar-refractivity contribution in [2.24, 2.45) is 5.73 Å². The van der Waals surface area contributed by atoms with E-state index in [0.29, 0.717) is 5.69 Å². The molecule has 0 unspecified atom stereocenters. The molecule has 110 valence electrons. The predicted molar refractivity (Wildman–Crippen MR) is 82.3 cm³/mol. The summed E-state index contributed by atoms with van der Waals surface area (Å²) in [4.78, 5) is 23.4. The number of nitrogens with one attached hydrogen (secondary N) is 1. The van der Waals surface area contributed by atoms with Crippen LogP contribution in [0.1, 0.15) is 31.1 Å². The third-order valence-corrected chi connectivity index (χ3v) is 2.79. The predicted octanol–water partition coefficient (Wildman–Crippen LogP) is 3.29. The summed E-state index contributed by atoms with van der Waals surface area (Å²) >= 11 is 0. The molecule has 0 aliphatic carbocycles. The van der Waals surface area contributed by atoms with Crippen LogP contribution in [0.2, 0.25) is 0 Å². The van der Waals surface area contributed by atoms with Crippen LogP contribution in [-0.2, 0) is 4.74 Å². The Labute approximate surface area is 123 Å². The number of benzene rings is 2. The lowest BCUT2D eigenvalue weighted by molar-refractivity contribution is 0.0636. The summed E-state index contributed by atoms with van der Waals surface area (Å²) in [6.07, 6.45) is -0.625. The highest BCUT2D eigenvalue weighted by atomic mass is 16.6. The summed E-state index contributed by atoms with van der Waals surface area (Å²) in [5, 5.41) is 4.35. The van der Waals surface area contributed by atoms with Crippen molar-refractivity contribution in [3.05, 3.63) is 42.0 Å². The van der Waals surface area contributed by atoms with Gasteiger partial charge in [0.1, 0.15) is 5.60 Å². The highest BCUT2D eigenvalue weighted by Crippen LogP contribution is 2.24.